The van der Waals surface area contributed by atoms with Crippen molar-refractivity contribution < 1.29 is 0 Å². The predicted octanol–water partition coefficient (Wildman–Crippen LogP) is 2.90. The standard InChI is InChI=1S/C12H14ClN/c13-10-1-2-11-8-3-4-14-7-9(5-8)12(11)6-10/h1-2,6,8-9,14H,3-5,7H2. The molecule has 0 saturated carbocycles. The maximum Gasteiger partial charge on any atom is 0.0409 e. The van der Waals surface area contributed by atoms with E-state index in [9.17, 15) is 0 Å². The van der Waals surface area contributed by atoms with Crippen molar-refractivity contribution in [3.8, 4) is 0 Å². The molecule has 0 spiro atoms. The van der Waals surface area contributed by atoms with Crippen LogP contribution in [0.2, 0.25) is 5.02 Å². The normalized spacial score (nSPS) is 29.8. The molecule has 1 aromatic rings. The molecule has 1 fully saturated rings. The Kier molecular flexibility index (Phi) is 2.03. The first kappa shape index (κ1) is 8.75. The van der Waals surface area contributed by atoms with Crippen LogP contribution in [0.15, 0.2) is 18.2 Å². The van der Waals surface area contributed by atoms with Gasteiger partial charge in [-0.2, -0.15) is 0 Å². The van der Waals surface area contributed by atoms with Crippen molar-refractivity contribution in [2.24, 2.45) is 0 Å². The van der Waals surface area contributed by atoms with Gasteiger partial charge in [-0.25, -0.2) is 0 Å². The first-order valence-corrected chi connectivity index (χ1v) is 5.72. The molecule has 14 heavy (non-hydrogen) atoms. The van der Waals surface area contributed by atoms with E-state index in [1.54, 1.807) is 5.56 Å². The summed E-state index contributed by atoms with van der Waals surface area (Å²) >= 11 is 6.03. The van der Waals surface area contributed by atoms with E-state index >= 15 is 0 Å². The Morgan fingerprint density at radius 2 is 2.14 bits per heavy atom. The summed E-state index contributed by atoms with van der Waals surface area (Å²) in [5.41, 5.74) is 3.05. The summed E-state index contributed by atoms with van der Waals surface area (Å²) in [5.74, 6) is 1.48. The van der Waals surface area contributed by atoms with E-state index in [1.165, 1.54) is 24.9 Å². The summed E-state index contributed by atoms with van der Waals surface area (Å²) in [5, 5.41) is 4.38. The molecule has 2 unspecified atom stereocenters. The van der Waals surface area contributed by atoms with Gasteiger partial charge in [0, 0.05) is 11.6 Å². The van der Waals surface area contributed by atoms with Crippen molar-refractivity contribution in [2.75, 3.05) is 13.1 Å². The SMILES string of the molecule is Clc1ccc2c(c1)C1CNCCC2C1. The lowest BCUT2D eigenvalue weighted by Gasteiger charge is -2.14. The molecule has 2 heteroatoms. The zero-order valence-electron chi connectivity index (χ0n) is 8.09. The van der Waals surface area contributed by atoms with Crippen LogP contribution in [-0.2, 0) is 0 Å². The van der Waals surface area contributed by atoms with E-state index in [0.717, 1.165) is 17.5 Å². The molecule has 1 saturated heterocycles. The highest BCUT2D eigenvalue weighted by Crippen LogP contribution is 2.44. The zero-order chi connectivity index (χ0) is 9.54. The first-order valence-electron chi connectivity index (χ1n) is 5.34. The molecule has 2 bridgehead atoms. The van der Waals surface area contributed by atoms with Gasteiger partial charge in [-0.05, 0) is 54.5 Å². The summed E-state index contributed by atoms with van der Waals surface area (Å²) in [6.07, 6.45) is 2.60. The van der Waals surface area contributed by atoms with E-state index in [0.29, 0.717) is 5.92 Å². The minimum atomic E-state index is 0.705. The number of hydrogen-bond acceptors (Lipinski definition) is 1. The average Bonchev–Trinajstić information content (AvgIpc) is 2.36. The van der Waals surface area contributed by atoms with Gasteiger partial charge in [0.25, 0.3) is 0 Å². The predicted molar refractivity (Wildman–Crippen MR) is 59.0 cm³/mol. The third kappa shape index (κ3) is 1.27. The van der Waals surface area contributed by atoms with Crippen molar-refractivity contribution in [2.45, 2.75) is 24.7 Å². The van der Waals surface area contributed by atoms with Crippen molar-refractivity contribution in [3.63, 3.8) is 0 Å². The van der Waals surface area contributed by atoms with Crippen molar-refractivity contribution in [1.82, 2.24) is 5.32 Å². The highest BCUT2D eigenvalue weighted by molar-refractivity contribution is 6.30. The fourth-order valence-electron chi connectivity index (χ4n) is 2.89. The molecule has 1 heterocycles. The fraction of sp³-hybridized carbons (Fsp3) is 0.500. The molecule has 0 radical (unpaired) electrons. The fourth-order valence-corrected chi connectivity index (χ4v) is 3.07. The monoisotopic (exact) mass is 207 g/mol. The van der Waals surface area contributed by atoms with E-state index in [4.69, 9.17) is 11.6 Å². The van der Waals surface area contributed by atoms with Gasteiger partial charge in [0.2, 0.25) is 0 Å². The third-order valence-electron chi connectivity index (χ3n) is 3.56. The molecule has 2 atom stereocenters. The molecule has 1 aliphatic heterocycles. The van der Waals surface area contributed by atoms with Crippen LogP contribution in [0.3, 0.4) is 0 Å². The molecule has 74 valence electrons. The Balaban J connectivity index is 2.09. The van der Waals surface area contributed by atoms with Gasteiger partial charge < -0.3 is 5.32 Å². The quantitative estimate of drug-likeness (QED) is 0.690. The molecule has 0 amide bonds. The van der Waals surface area contributed by atoms with Crippen LogP contribution in [0.5, 0.6) is 0 Å². The molecule has 3 rings (SSSR count). The van der Waals surface area contributed by atoms with Gasteiger partial charge in [0.1, 0.15) is 0 Å². The number of rotatable bonds is 0. The Morgan fingerprint density at radius 1 is 1.21 bits per heavy atom. The average molecular weight is 208 g/mol. The van der Waals surface area contributed by atoms with E-state index in [1.807, 2.05) is 6.07 Å². The molecule has 1 N–H and O–H groups in total. The summed E-state index contributed by atoms with van der Waals surface area (Å²) in [6.45, 7) is 2.30. The van der Waals surface area contributed by atoms with Gasteiger partial charge in [-0.15, -0.1) is 0 Å². The van der Waals surface area contributed by atoms with Crippen molar-refractivity contribution >= 4 is 11.6 Å². The van der Waals surface area contributed by atoms with Crippen LogP contribution in [0.25, 0.3) is 0 Å². The number of halogens is 1. The van der Waals surface area contributed by atoms with Crippen LogP contribution >= 0.6 is 11.6 Å². The minimum absolute atomic E-state index is 0.705. The van der Waals surface area contributed by atoms with Crippen LogP contribution in [0.1, 0.15) is 35.8 Å². The lowest BCUT2D eigenvalue weighted by molar-refractivity contribution is 0.621. The van der Waals surface area contributed by atoms with Crippen molar-refractivity contribution in [1.29, 1.82) is 0 Å². The topological polar surface area (TPSA) is 12.0 Å². The van der Waals surface area contributed by atoms with Gasteiger partial charge in [0.05, 0.1) is 0 Å². The molecule has 1 aromatic carbocycles. The van der Waals surface area contributed by atoms with Crippen LogP contribution in [0, 0.1) is 0 Å². The second kappa shape index (κ2) is 3.25. The van der Waals surface area contributed by atoms with Gasteiger partial charge in [-0.3, -0.25) is 0 Å². The van der Waals surface area contributed by atoms with Crippen LogP contribution in [0.4, 0.5) is 0 Å². The smallest absolute Gasteiger partial charge is 0.0409 e. The number of hydrogen-bond donors (Lipinski definition) is 1. The first-order chi connectivity index (χ1) is 6.84. The van der Waals surface area contributed by atoms with Crippen LogP contribution in [-0.4, -0.2) is 13.1 Å². The van der Waals surface area contributed by atoms with Crippen LogP contribution < -0.4 is 5.32 Å². The summed E-state index contributed by atoms with van der Waals surface area (Å²) in [4.78, 5) is 0. The maximum atomic E-state index is 6.03. The lowest BCUT2D eigenvalue weighted by Crippen LogP contribution is -2.20. The summed E-state index contributed by atoms with van der Waals surface area (Å²) < 4.78 is 0. The Hall–Kier alpha value is -0.530. The molecule has 2 aliphatic rings. The second-order valence-corrected chi connectivity index (χ2v) is 4.83. The molecule has 0 aromatic heterocycles. The Morgan fingerprint density at radius 3 is 3.07 bits per heavy atom. The largest absolute Gasteiger partial charge is 0.316 e. The van der Waals surface area contributed by atoms with E-state index in [-0.39, 0.29) is 0 Å². The van der Waals surface area contributed by atoms with Gasteiger partial charge in [-0.1, -0.05) is 17.7 Å². The minimum Gasteiger partial charge on any atom is -0.316 e. The summed E-state index contributed by atoms with van der Waals surface area (Å²) in [7, 11) is 0. The number of fused-ring (bicyclic) bond motifs is 5. The zero-order valence-corrected chi connectivity index (χ0v) is 8.85. The van der Waals surface area contributed by atoms with Gasteiger partial charge in [0.15, 0.2) is 0 Å². The Labute approximate surface area is 89.5 Å². The lowest BCUT2D eigenvalue weighted by atomic mass is 9.98. The van der Waals surface area contributed by atoms with Crippen molar-refractivity contribution in [3.05, 3.63) is 34.3 Å². The Bertz CT molecular complexity index is 361. The maximum absolute atomic E-state index is 6.03. The highest BCUT2D eigenvalue weighted by atomic mass is 35.5. The van der Waals surface area contributed by atoms with Gasteiger partial charge >= 0.3 is 0 Å². The molecule has 1 nitrogen and oxygen atoms in total. The summed E-state index contributed by atoms with van der Waals surface area (Å²) in [6, 6.07) is 6.42. The molecular formula is C12H14ClN. The second-order valence-electron chi connectivity index (χ2n) is 4.40. The van der Waals surface area contributed by atoms with E-state index < -0.39 is 0 Å². The number of nitrogens with one attached hydrogen (secondary N) is 1. The number of benzene rings is 1. The van der Waals surface area contributed by atoms with E-state index in [2.05, 4.69) is 17.4 Å². The molecule has 1 aliphatic carbocycles. The molecular weight excluding hydrogens is 194 g/mol. The third-order valence-corrected chi connectivity index (χ3v) is 3.79. The highest BCUT2D eigenvalue weighted by Gasteiger charge is 2.32.